The fraction of sp³-hybridized carbons (Fsp3) is 0.500. The average Bonchev–Trinajstić information content (AvgIpc) is 3.28. The van der Waals surface area contributed by atoms with Crippen molar-refractivity contribution in [2.24, 2.45) is 0 Å². The van der Waals surface area contributed by atoms with Gasteiger partial charge in [0.2, 0.25) is 0 Å². The van der Waals surface area contributed by atoms with Crippen molar-refractivity contribution in [2.45, 2.75) is 32.8 Å². The van der Waals surface area contributed by atoms with Gasteiger partial charge in [-0.15, -0.1) is 0 Å². The zero-order chi connectivity index (χ0) is 20.2. The quantitative estimate of drug-likeness (QED) is 0.839. The molecule has 3 heterocycles. The third kappa shape index (κ3) is 4.50. The molecule has 1 amide bonds. The van der Waals surface area contributed by atoms with E-state index in [0.717, 1.165) is 39.1 Å². The summed E-state index contributed by atoms with van der Waals surface area (Å²) in [5.41, 5.74) is 4.26. The van der Waals surface area contributed by atoms with Crippen molar-refractivity contribution in [2.75, 3.05) is 49.5 Å². The number of ether oxygens (including phenoxy) is 1. The molecule has 29 heavy (non-hydrogen) atoms. The SMILES string of the molecule is Cc1cccc(N2CCN(C(=O)c3cnc(NCC4CCCO4)cn3)CC2)c1C. The van der Waals surface area contributed by atoms with Crippen molar-refractivity contribution in [3.63, 3.8) is 0 Å². The molecule has 0 saturated carbocycles. The van der Waals surface area contributed by atoms with E-state index in [4.69, 9.17) is 4.74 Å². The van der Waals surface area contributed by atoms with E-state index in [-0.39, 0.29) is 12.0 Å². The molecule has 2 aliphatic rings. The predicted molar refractivity (Wildman–Crippen MR) is 114 cm³/mol. The highest BCUT2D eigenvalue weighted by molar-refractivity contribution is 5.92. The molecule has 0 radical (unpaired) electrons. The Morgan fingerprint density at radius 1 is 1.17 bits per heavy atom. The van der Waals surface area contributed by atoms with Gasteiger partial charge in [0.05, 0.1) is 18.5 Å². The summed E-state index contributed by atoms with van der Waals surface area (Å²) in [5, 5.41) is 3.24. The zero-order valence-electron chi connectivity index (χ0n) is 17.2. The molecule has 0 aliphatic carbocycles. The summed E-state index contributed by atoms with van der Waals surface area (Å²) in [6.07, 6.45) is 5.63. The van der Waals surface area contributed by atoms with Gasteiger partial charge in [-0.05, 0) is 43.9 Å². The number of carbonyl (C=O) groups excluding carboxylic acids is 1. The van der Waals surface area contributed by atoms with Crippen LogP contribution in [0.4, 0.5) is 11.5 Å². The lowest BCUT2D eigenvalue weighted by Crippen LogP contribution is -2.49. The summed E-state index contributed by atoms with van der Waals surface area (Å²) in [7, 11) is 0. The monoisotopic (exact) mass is 395 g/mol. The van der Waals surface area contributed by atoms with E-state index in [1.54, 1.807) is 12.4 Å². The van der Waals surface area contributed by atoms with Gasteiger partial charge in [0, 0.05) is 45.0 Å². The van der Waals surface area contributed by atoms with Gasteiger partial charge in [0.15, 0.2) is 0 Å². The molecular weight excluding hydrogens is 366 g/mol. The molecule has 7 nitrogen and oxygen atoms in total. The minimum atomic E-state index is -0.0520. The standard InChI is InChI=1S/C22H29N5O2/c1-16-5-3-7-20(17(16)2)26-8-10-27(11-9-26)22(28)19-14-25-21(15-23-19)24-13-18-6-4-12-29-18/h3,5,7,14-15,18H,4,6,8-13H2,1-2H3,(H,24,25). The first-order chi connectivity index (χ1) is 14.1. The largest absolute Gasteiger partial charge is 0.376 e. The van der Waals surface area contributed by atoms with Gasteiger partial charge in [-0.3, -0.25) is 4.79 Å². The molecular formula is C22H29N5O2. The van der Waals surface area contributed by atoms with Gasteiger partial charge in [0.1, 0.15) is 11.5 Å². The number of nitrogens with zero attached hydrogens (tertiary/aromatic N) is 4. The van der Waals surface area contributed by atoms with Crippen LogP contribution in [0.2, 0.25) is 0 Å². The molecule has 0 spiro atoms. The molecule has 2 aromatic rings. The molecule has 2 saturated heterocycles. The Hall–Kier alpha value is -2.67. The Morgan fingerprint density at radius 3 is 2.69 bits per heavy atom. The third-order valence-electron chi connectivity index (χ3n) is 5.89. The maximum atomic E-state index is 12.8. The van der Waals surface area contributed by atoms with Crippen molar-refractivity contribution < 1.29 is 9.53 Å². The number of hydrogen-bond acceptors (Lipinski definition) is 6. The Labute approximate surface area is 172 Å². The molecule has 154 valence electrons. The molecule has 1 unspecified atom stereocenters. The molecule has 2 fully saturated rings. The van der Waals surface area contributed by atoms with Crippen LogP contribution in [0, 0.1) is 13.8 Å². The highest BCUT2D eigenvalue weighted by Gasteiger charge is 2.24. The van der Waals surface area contributed by atoms with Crippen molar-refractivity contribution >= 4 is 17.4 Å². The molecule has 1 aromatic carbocycles. The summed E-state index contributed by atoms with van der Waals surface area (Å²) >= 11 is 0. The van der Waals surface area contributed by atoms with Gasteiger partial charge < -0.3 is 19.9 Å². The maximum absolute atomic E-state index is 12.8. The summed E-state index contributed by atoms with van der Waals surface area (Å²) < 4.78 is 5.59. The van der Waals surface area contributed by atoms with Crippen LogP contribution >= 0.6 is 0 Å². The van der Waals surface area contributed by atoms with E-state index < -0.39 is 0 Å². The van der Waals surface area contributed by atoms with Crippen LogP contribution in [0.5, 0.6) is 0 Å². The van der Waals surface area contributed by atoms with Crippen molar-refractivity contribution in [3.05, 3.63) is 47.4 Å². The van der Waals surface area contributed by atoms with Gasteiger partial charge in [0.25, 0.3) is 5.91 Å². The van der Waals surface area contributed by atoms with E-state index in [0.29, 0.717) is 24.6 Å². The summed E-state index contributed by atoms with van der Waals surface area (Å²) in [4.78, 5) is 25.7. The topological polar surface area (TPSA) is 70.6 Å². The normalized spacial score (nSPS) is 19.4. The minimum absolute atomic E-state index is 0.0520. The van der Waals surface area contributed by atoms with E-state index >= 15 is 0 Å². The first kappa shape index (κ1) is 19.6. The zero-order valence-corrected chi connectivity index (χ0v) is 17.2. The van der Waals surface area contributed by atoms with Crippen LogP contribution in [-0.2, 0) is 4.74 Å². The number of aryl methyl sites for hydroxylation is 1. The smallest absolute Gasteiger partial charge is 0.274 e. The van der Waals surface area contributed by atoms with E-state index in [1.807, 2.05) is 4.90 Å². The lowest BCUT2D eigenvalue weighted by molar-refractivity contribution is 0.0740. The molecule has 0 bridgehead atoms. The summed E-state index contributed by atoms with van der Waals surface area (Å²) in [5.74, 6) is 0.626. The third-order valence-corrected chi connectivity index (χ3v) is 5.89. The van der Waals surface area contributed by atoms with Crippen LogP contribution < -0.4 is 10.2 Å². The van der Waals surface area contributed by atoms with E-state index in [9.17, 15) is 4.79 Å². The van der Waals surface area contributed by atoms with Gasteiger partial charge in [-0.2, -0.15) is 0 Å². The fourth-order valence-corrected chi connectivity index (χ4v) is 3.94. The van der Waals surface area contributed by atoms with Crippen LogP contribution in [0.15, 0.2) is 30.6 Å². The first-order valence-corrected chi connectivity index (χ1v) is 10.4. The lowest BCUT2D eigenvalue weighted by atomic mass is 10.1. The number of anilines is 2. The Kier molecular flexibility index (Phi) is 5.94. The second kappa shape index (κ2) is 8.78. The van der Waals surface area contributed by atoms with Crippen LogP contribution in [-0.4, -0.2) is 66.2 Å². The number of aromatic nitrogens is 2. The van der Waals surface area contributed by atoms with Crippen molar-refractivity contribution in [3.8, 4) is 0 Å². The number of rotatable bonds is 5. The summed E-state index contributed by atoms with van der Waals surface area (Å²) in [6, 6.07) is 6.39. The van der Waals surface area contributed by atoms with Crippen LogP contribution in [0.25, 0.3) is 0 Å². The van der Waals surface area contributed by atoms with Crippen molar-refractivity contribution in [1.29, 1.82) is 0 Å². The second-order valence-electron chi connectivity index (χ2n) is 7.80. The molecule has 1 atom stereocenters. The number of benzene rings is 1. The predicted octanol–water partition coefficient (Wildman–Crippen LogP) is 2.65. The molecule has 4 rings (SSSR count). The Bertz CT molecular complexity index is 841. The molecule has 2 aliphatic heterocycles. The first-order valence-electron chi connectivity index (χ1n) is 10.4. The second-order valence-corrected chi connectivity index (χ2v) is 7.80. The number of nitrogens with one attached hydrogen (secondary N) is 1. The van der Waals surface area contributed by atoms with E-state index in [2.05, 4.69) is 52.2 Å². The van der Waals surface area contributed by atoms with Gasteiger partial charge >= 0.3 is 0 Å². The number of piperazine rings is 1. The van der Waals surface area contributed by atoms with E-state index in [1.165, 1.54) is 16.8 Å². The van der Waals surface area contributed by atoms with Gasteiger partial charge in [-0.25, -0.2) is 9.97 Å². The fourth-order valence-electron chi connectivity index (χ4n) is 3.94. The van der Waals surface area contributed by atoms with Crippen molar-refractivity contribution in [1.82, 2.24) is 14.9 Å². The summed E-state index contributed by atoms with van der Waals surface area (Å²) in [6.45, 7) is 8.88. The Morgan fingerprint density at radius 2 is 2.00 bits per heavy atom. The van der Waals surface area contributed by atoms with Crippen LogP contribution in [0.1, 0.15) is 34.5 Å². The lowest BCUT2D eigenvalue weighted by Gasteiger charge is -2.36. The number of amides is 1. The number of carbonyl (C=O) groups is 1. The molecule has 1 N–H and O–H groups in total. The molecule has 1 aromatic heterocycles. The number of hydrogen-bond donors (Lipinski definition) is 1. The molecule has 7 heteroatoms. The van der Waals surface area contributed by atoms with Crippen LogP contribution in [0.3, 0.4) is 0 Å². The Balaban J connectivity index is 1.31. The van der Waals surface area contributed by atoms with Gasteiger partial charge in [-0.1, -0.05) is 12.1 Å². The highest BCUT2D eigenvalue weighted by atomic mass is 16.5. The minimum Gasteiger partial charge on any atom is -0.376 e. The average molecular weight is 396 g/mol. The maximum Gasteiger partial charge on any atom is 0.274 e. The highest BCUT2D eigenvalue weighted by Crippen LogP contribution is 2.24.